The number of nitro benzene ring substituents is 1. The van der Waals surface area contributed by atoms with Crippen LogP contribution < -0.4 is 5.32 Å². The lowest BCUT2D eigenvalue weighted by Gasteiger charge is -2.35. The van der Waals surface area contributed by atoms with Gasteiger partial charge in [0.1, 0.15) is 12.7 Å². The van der Waals surface area contributed by atoms with Crippen LogP contribution in [0.4, 0.5) is 5.69 Å². The standard InChI is InChI=1S/C29H49N3O6/c1-8-9-10-17-28(2,3)21-29(4,5)18-11-12-25(33)30-24(20-38-26(34)19-31(6)7)27(35)22-13-15-23(16-14-22)32(36)37/h13-16,24,27,35H,8-12,17-21H2,1-7H3,(H,30,33)/t24-,27-/m1/s1. The van der Waals surface area contributed by atoms with E-state index in [2.05, 4.69) is 39.9 Å². The summed E-state index contributed by atoms with van der Waals surface area (Å²) in [6.07, 6.45) is 6.65. The van der Waals surface area contributed by atoms with Crippen LogP contribution in [0.3, 0.4) is 0 Å². The van der Waals surface area contributed by atoms with Gasteiger partial charge in [-0.05, 0) is 68.3 Å². The Labute approximate surface area is 228 Å². The van der Waals surface area contributed by atoms with Crippen LogP contribution in [0.2, 0.25) is 0 Å². The van der Waals surface area contributed by atoms with Crippen LogP contribution in [0.5, 0.6) is 0 Å². The molecule has 0 aliphatic carbocycles. The molecule has 1 rings (SSSR count). The first-order chi connectivity index (χ1) is 17.7. The maximum absolute atomic E-state index is 12.8. The normalized spacial score (nSPS) is 13.7. The number of benzene rings is 1. The van der Waals surface area contributed by atoms with E-state index in [0.717, 1.165) is 12.8 Å². The zero-order valence-electron chi connectivity index (χ0n) is 24.4. The van der Waals surface area contributed by atoms with E-state index >= 15 is 0 Å². The number of aliphatic hydroxyl groups excluding tert-OH is 1. The molecule has 1 aromatic carbocycles. The molecule has 0 heterocycles. The smallest absolute Gasteiger partial charge is 0.320 e. The molecule has 1 amide bonds. The monoisotopic (exact) mass is 535 g/mol. The Morgan fingerprint density at radius 3 is 2.16 bits per heavy atom. The molecule has 0 bridgehead atoms. The Morgan fingerprint density at radius 2 is 1.63 bits per heavy atom. The van der Waals surface area contributed by atoms with Gasteiger partial charge in [0.2, 0.25) is 5.91 Å². The highest BCUT2D eigenvalue weighted by Crippen LogP contribution is 2.40. The fourth-order valence-corrected chi connectivity index (χ4v) is 5.06. The lowest BCUT2D eigenvalue weighted by Crippen LogP contribution is -2.43. The van der Waals surface area contributed by atoms with Crippen LogP contribution in [0.1, 0.15) is 97.7 Å². The number of nitrogens with zero attached hydrogens (tertiary/aromatic N) is 2. The molecule has 0 fully saturated rings. The summed E-state index contributed by atoms with van der Waals surface area (Å²) >= 11 is 0. The summed E-state index contributed by atoms with van der Waals surface area (Å²) in [5.74, 6) is -0.717. The predicted octanol–water partition coefficient (Wildman–Crippen LogP) is 5.41. The number of carbonyl (C=O) groups is 2. The summed E-state index contributed by atoms with van der Waals surface area (Å²) in [7, 11) is 3.47. The van der Waals surface area contributed by atoms with Gasteiger partial charge in [-0.25, -0.2) is 0 Å². The molecule has 38 heavy (non-hydrogen) atoms. The minimum Gasteiger partial charge on any atom is -0.462 e. The number of hydrogen-bond acceptors (Lipinski definition) is 7. The van der Waals surface area contributed by atoms with Gasteiger partial charge < -0.3 is 15.2 Å². The largest absolute Gasteiger partial charge is 0.462 e. The third-order valence-corrected chi connectivity index (χ3v) is 6.71. The Balaban J connectivity index is 2.77. The van der Waals surface area contributed by atoms with E-state index in [1.807, 2.05) is 0 Å². The Kier molecular flexibility index (Phi) is 13.9. The molecular weight excluding hydrogens is 486 g/mol. The number of nitro groups is 1. The number of non-ortho nitro benzene ring substituents is 1. The van der Waals surface area contributed by atoms with Gasteiger partial charge in [-0.1, -0.05) is 53.9 Å². The van der Waals surface area contributed by atoms with E-state index in [9.17, 15) is 24.8 Å². The first-order valence-corrected chi connectivity index (χ1v) is 13.7. The number of likely N-dealkylation sites (N-methyl/N-ethyl adjacent to an activating group) is 1. The first kappa shape index (κ1) is 33.5. The molecule has 1 aromatic rings. The van der Waals surface area contributed by atoms with Crippen molar-refractivity contribution in [2.45, 2.75) is 98.1 Å². The van der Waals surface area contributed by atoms with Crippen molar-refractivity contribution >= 4 is 17.6 Å². The second-order valence-corrected chi connectivity index (χ2v) is 12.2. The minimum absolute atomic E-state index is 0.0676. The van der Waals surface area contributed by atoms with Gasteiger partial charge in [0.25, 0.3) is 5.69 Å². The van der Waals surface area contributed by atoms with Crippen molar-refractivity contribution < 1.29 is 24.4 Å². The second-order valence-electron chi connectivity index (χ2n) is 12.2. The number of nitrogens with one attached hydrogen (secondary N) is 1. The molecule has 0 saturated heterocycles. The lowest BCUT2D eigenvalue weighted by molar-refractivity contribution is -0.384. The first-order valence-electron chi connectivity index (χ1n) is 13.7. The molecule has 9 nitrogen and oxygen atoms in total. The zero-order valence-corrected chi connectivity index (χ0v) is 24.4. The average Bonchev–Trinajstić information content (AvgIpc) is 2.80. The maximum atomic E-state index is 12.8. The van der Waals surface area contributed by atoms with Gasteiger partial charge in [0.05, 0.1) is 17.5 Å². The third-order valence-electron chi connectivity index (χ3n) is 6.71. The quantitative estimate of drug-likeness (QED) is 0.111. The lowest BCUT2D eigenvalue weighted by atomic mass is 9.70. The molecule has 0 saturated carbocycles. The minimum atomic E-state index is -1.20. The fourth-order valence-electron chi connectivity index (χ4n) is 5.06. The summed E-state index contributed by atoms with van der Waals surface area (Å²) in [5.41, 5.74) is 0.623. The highest BCUT2D eigenvalue weighted by molar-refractivity contribution is 5.76. The molecule has 0 spiro atoms. The molecule has 0 aromatic heterocycles. The number of ether oxygens (including phenoxy) is 1. The van der Waals surface area contributed by atoms with Crippen molar-refractivity contribution in [2.75, 3.05) is 27.2 Å². The van der Waals surface area contributed by atoms with Crippen molar-refractivity contribution in [2.24, 2.45) is 10.8 Å². The van der Waals surface area contributed by atoms with E-state index in [0.29, 0.717) is 12.0 Å². The topological polar surface area (TPSA) is 122 Å². The van der Waals surface area contributed by atoms with E-state index in [1.165, 1.54) is 49.9 Å². The fraction of sp³-hybridized carbons (Fsp3) is 0.724. The number of amides is 1. The SMILES string of the molecule is CCCCCC(C)(C)CC(C)(C)CCCC(=O)N[C@H](COC(=O)CN(C)C)[C@H](O)c1ccc([N+](=O)[O-])cc1. The summed E-state index contributed by atoms with van der Waals surface area (Å²) in [6, 6.07) is 4.58. The average molecular weight is 536 g/mol. The maximum Gasteiger partial charge on any atom is 0.320 e. The van der Waals surface area contributed by atoms with Crippen LogP contribution in [0, 0.1) is 20.9 Å². The van der Waals surface area contributed by atoms with Crippen LogP contribution in [0.25, 0.3) is 0 Å². The van der Waals surface area contributed by atoms with Crippen LogP contribution >= 0.6 is 0 Å². The van der Waals surface area contributed by atoms with E-state index < -0.39 is 23.0 Å². The molecule has 2 atom stereocenters. The summed E-state index contributed by atoms with van der Waals surface area (Å²) in [4.78, 5) is 37.0. The molecule has 0 aliphatic rings. The number of hydrogen-bond donors (Lipinski definition) is 2. The summed E-state index contributed by atoms with van der Waals surface area (Å²) in [6.45, 7) is 11.2. The Bertz CT molecular complexity index is 883. The van der Waals surface area contributed by atoms with Crippen molar-refractivity contribution in [1.82, 2.24) is 10.2 Å². The van der Waals surface area contributed by atoms with E-state index in [1.54, 1.807) is 19.0 Å². The van der Waals surface area contributed by atoms with Crippen LogP contribution in [-0.4, -0.2) is 60.1 Å². The number of aliphatic hydroxyl groups is 1. The van der Waals surface area contributed by atoms with Crippen molar-refractivity contribution in [3.8, 4) is 0 Å². The van der Waals surface area contributed by atoms with Gasteiger partial charge in [0, 0.05) is 18.6 Å². The summed E-state index contributed by atoms with van der Waals surface area (Å²) in [5, 5.41) is 24.7. The molecule has 0 radical (unpaired) electrons. The second kappa shape index (κ2) is 15.8. The van der Waals surface area contributed by atoms with Gasteiger partial charge in [-0.2, -0.15) is 0 Å². The van der Waals surface area contributed by atoms with E-state index in [-0.39, 0.29) is 42.0 Å². The zero-order chi connectivity index (χ0) is 28.9. The number of unbranched alkanes of at least 4 members (excludes halogenated alkanes) is 2. The number of rotatable bonds is 18. The molecule has 2 N–H and O–H groups in total. The van der Waals surface area contributed by atoms with Crippen LogP contribution in [-0.2, 0) is 14.3 Å². The van der Waals surface area contributed by atoms with E-state index in [4.69, 9.17) is 4.74 Å². The van der Waals surface area contributed by atoms with Crippen molar-refractivity contribution in [3.05, 3.63) is 39.9 Å². The number of carbonyl (C=O) groups excluding carboxylic acids is 2. The Morgan fingerprint density at radius 1 is 1.05 bits per heavy atom. The highest BCUT2D eigenvalue weighted by atomic mass is 16.6. The molecule has 0 unspecified atom stereocenters. The van der Waals surface area contributed by atoms with Gasteiger partial charge in [-0.15, -0.1) is 0 Å². The van der Waals surface area contributed by atoms with Gasteiger partial charge in [-0.3, -0.25) is 24.6 Å². The third kappa shape index (κ3) is 13.3. The molecule has 0 aliphatic heterocycles. The molecule has 9 heteroatoms. The van der Waals surface area contributed by atoms with Crippen molar-refractivity contribution in [1.29, 1.82) is 0 Å². The highest BCUT2D eigenvalue weighted by Gasteiger charge is 2.29. The van der Waals surface area contributed by atoms with Gasteiger partial charge in [0.15, 0.2) is 0 Å². The van der Waals surface area contributed by atoms with Crippen LogP contribution in [0.15, 0.2) is 24.3 Å². The molecular formula is C29H49N3O6. The predicted molar refractivity (Wildman–Crippen MR) is 150 cm³/mol. The van der Waals surface area contributed by atoms with Crippen molar-refractivity contribution in [3.63, 3.8) is 0 Å². The number of esters is 1. The van der Waals surface area contributed by atoms with Gasteiger partial charge >= 0.3 is 5.97 Å². The Hall–Kier alpha value is -2.52. The summed E-state index contributed by atoms with van der Waals surface area (Å²) < 4.78 is 5.31. The molecule has 216 valence electrons.